The Labute approximate surface area is 102 Å². The standard InChI is InChI=1S/C13H22N2S/c1-10(7-11-5-6-16-9-11)15-13-4-2-3-12(14)8-13/h5-6,9-10,12-13,15H,2-4,7-8,14H2,1H3. The summed E-state index contributed by atoms with van der Waals surface area (Å²) in [4.78, 5) is 0. The van der Waals surface area contributed by atoms with E-state index < -0.39 is 0 Å². The number of nitrogens with one attached hydrogen (secondary N) is 1. The molecule has 0 bridgehead atoms. The number of hydrogen-bond acceptors (Lipinski definition) is 3. The van der Waals surface area contributed by atoms with E-state index in [1.54, 1.807) is 11.3 Å². The zero-order chi connectivity index (χ0) is 11.4. The topological polar surface area (TPSA) is 38.0 Å². The third-order valence-electron chi connectivity index (χ3n) is 3.36. The van der Waals surface area contributed by atoms with Crippen molar-refractivity contribution < 1.29 is 0 Å². The lowest BCUT2D eigenvalue weighted by molar-refractivity contribution is 0.316. The number of rotatable bonds is 4. The molecule has 90 valence electrons. The lowest BCUT2D eigenvalue weighted by atomic mass is 9.91. The summed E-state index contributed by atoms with van der Waals surface area (Å²) < 4.78 is 0. The van der Waals surface area contributed by atoms with Gasteiger partial charge in [-0.1, -0.05) is 6.42 Å². The third kappa shape index (κ3) is 3.58. The second-order valence-electron chi connectivity index (χ2n) is 5.03. The van der Waals surface area contributed by atoms with Crippen LogP contribution in [-0.2, 0) is 6.42 Å². The Hall–Kier alpha value is -0.380. The monoisotopic (exact) mass is 238 g/mol. The van der Waals surface area contributed by atoms with Crippen LogP contribution in [0.4, 0.5) is 0 Å². The van der Waals surface area contributed by atoms with E-state index >= 15 is 0 Å². The molecule has 0 spiro atoms. The fraction of sp³-hybridized carbons (Fsp3) is 0.692. The van der Waals surface area contributed by atoms with Crippen molar-refractivity contribution in [2.24, 2.45) is 5.73 Å². The molecule has 3 atom stereocenters. The molecular weight excluding hydrogens is 216 g/mol. The quantitative estimate of drug-likeness (QED) is 0.846. The minimum absolute atomic E-state index is 0.416. The zero-order valence-corrected chi connectivity index (χ0v) is 10.8. The predicted molar refractivity (Wildman–Crippen MR) is 70.9 cm³/mol. The molecule has 1 saturated carbocycles. The normalized spacial score (nSPS) is 27.9. The first kappa shape index (κ1) is 12.1. The molecule has 3 unspecified atom stereocenters. The summed E-state index contributed by atoms with van der Waals surface area (Å²) in [5.74, 6) is 0. The SMILES string of the molecule is CC(Cc1ccsc1)NC1CCCC(N)C1. The maximum absolute atomic E-state index is 6.00. The molecule has 1 aliphatic carbocycles. The van der Waals surface area contributed by atoms with Gasteiger partial charge in [-0.25, -0.2) is 0 Å². The molecule has 3 N–H and O–H groups in total. The van der Waals surface area contributed by atoms with E-state index in [2.05, 4.69) is 29.1 Å². The van der Waals surface area contributed by atoms with E-state index in [-0.39, 0.29) is 0 Å². The lowest BCUT2D eigenvalue weighted by Crippen LogP contribution is -2.43. The van der Waals surface area contributed by atoms with Gasteiger partial charge in [0.1, 0.15) is 0 Å². The van der Waals surface area contributed by atoms with Gasteiger partial charge in [-0.3, -0.25) is 0 Å². The predicted octanol–water partition coefficient (Wildman–Crippen LogP) is 2.54. The van der Waals surface area contributed by atoms with Crippen LogP contribution in [0.2, 0.25) is 0 Å². The molecule has 0 aliphatic heterocycles. The highest BCUT2D eigenvalue weighted by Crippen LogP contribution is 2.18. The molecule has 2 nitrogen and oxygen atoms in total. The second-order valence-corrected chi connectivity index (χ2v) is 5.81. The van der Waals surface area contributed by atoms with Crippen LogP contribution >= 0.6 is 11.3 Å². The van der Waals surface area contributed by atoms with Gasteiger partial charge < -0.3 is 11.1 Å². The molecule has 0 saturated heterocycles. The van der Waals surface area contributed by atoms with Gasteiger partial charge in [-0.2, -0.15) is 11.3 Å². The maximum atomic E-state index is 6.00. The van der Waals surface area contributed by atoms with Crippen LogP contribution < -0.4 is 11.1 Å². The van der Waals surface area contributed by atoms with E-state index in [9.17, 15) is 0 Å². The molecule has 0 radical (unpaired) electrons. The minimum atomic E-state index is 0.416. The Morgan fingerprint density at radius 2 is 2.44 bits per heavy atom. The smallest absolute Gasteiger partial charge is 0.00844 e. The van der Waals surface area contributed by atoms with Crippen molar-refractivity contribution in [3.05, 3.63) is 22.4 Å². The number of hydrogen-bond donors (Lipinski definition) is 2. The van der Waals surface area contributed by atoms with E-state index in [0.717, 1.165) is 12.8 Å². The number of nitrogens with two attached hydrogens (primary N) is 1. The molecule has 1 aromatic heterocycles. The van der Waals surface area contributed by atoms with Crippen molar-refractivity contribution in [2.75, 3.05) is 0 Å². The molecule has 3 heteroatoms. The largest absolute Gasteiger partial charge is 0.328 e. The molecule has 1 aliphatic rings. The van der Waals surface area contributed by atoms with Crippen LogP contribution in [0.15, 0.2) is 16.8 Å². The summed E-state index contributed by atoms with van der Waals surface area (Å²) in [5, 5.41) is 8.10. The van der Waals surface area contributed by atoms with Crippen LogP contribution in [0.25, 0.3) is 0 Å². The van der Waals surface area contributed by atoms with Crippen molar-refractivity contribution in [1.82, 2.24) is 5.32 Å². The fourth-order valence-corrected chi connectivity index (χ4v) is 3.28. The molecule has 2 rings (SSSR count). The lowest BCUT2D eigenvalue weighted by Gasteiger charge is -2.30. The molecule has 1 heterocycles. The van der Waals surface area contributed by atoms with Crippen LogP contribution in [0.3, 0.4) is 0 Å². The summed E-state index contributed by atoms with van der Waals surface area (Å²) in [6.07, 6.45) is 6.06. The van der Waals surface area contributed by atoms with Gasteiger partial charge in [0.2, 0.25) is 0 Å². The highest BCUT2D eigenvalue weighted by atomic mass is 32.1. The fourth-order valence-electron chi connectivity index (χ4n) is 2.60. The average molecular weight is 238 g/mol. The van der Waals surface area contributed by atoms with Gasteiger partial charge in [-0.15, -0.1) is 0 Å². The summed E-state index contributed by atoms with van der Waals surface area (Å²) in [6, 6.07) is 3.83. The highest BCUT2D eigenvalue weighted by molar-refractivity contribution is 7.07. The Morgan fingerprint density at radius 3 is 3.12 bits per heavy atom. The van der Waals surface area contributed by atoms with Crippen LogP contribution in [0.5, 0.6) is 0 Å². The van der Waals surface area contributed by atoms with Gasteiger partial charge in [-0.05, 0) is 55.0 Å². The molecule has 0 aromatic carbocycles. The first-order chi connectivity index (χ1) is 7.74. The van der Waals surface area contributed by atoms with Crippen molar-refractivity contribution in [3.63, 3.8) is 0 Å². The number of thiophene rings is 1. The van der Waals surface area contributed by atoms with E-state index in [1.165, 1.54) is 24.8 Å². The van der Waals surface area contributed by atoms with Gasteiger partial charge in [0.05, 0.1) is 0 Å². The third-order valence-corrected chi connectivity index (χ3v) is 4.09. The van der Waals surface area contributed by atoms with Gasteiger partial charge in [0.15, 0.2) is 0 Å². The van der Waals surface area contributed by atoms with E-state index in [1.807, 2.05) is 0 Å². The first-order valence-electron chi connectivity index (χ1n) is 6.26. The Morgan fingerprint density at radius 1 is 1.56 bits per heavy atom. The Bertz CT molecular complexity index is 297. The van der Waals surface area contributed by atoms with Crippen LogP contribution in [-0.4, -0.2) is 18.1 Å². The van der Waals surface area contributed by atoms with Crippen molar-refractivity contribution in [1.29, 1.82) is 0 Å². The van der Waals surface area contributed by atoms with Crippen molar-refractivity contribution >= 4 is 11.3 Å². The Balaban J connectivity index is 1.76. The van der Waals surface area contributed by atoms with Gasteiger partial charge in [0, 0.05) is 18.1 Å². The zero-order valence-electron chi connectivity index (χ0n) is 9.99. The summed E-state index contributed by atoms with van der Waals surface area (Å²) in [6.45, 7) is 2.28. The molecule has 16 heavy (non-hydrogen) atoms. The minimum Gasteiger partial charge on any atom is -0.328 e. The average Bonchev–Trinajstić information content (AvgIpc) is 2.70. The van der Waals surface area contributed by atoms with Crippen LogP contribution in [0, 0.1) is 0 Å². The van der Waals surface area contributed by atoms with E-state index in [4.69, 9.17) is 5.73 Å². The highest BCUT2D eigenvalue weighted by Gasteiger charge is 2.20. The first-order valence-corrected chi connectivity index (χ1v) is 7.21. The van der Waals surface area contributed by atoms with E-state index in [0.29, 0.717) is 18.1 Å². The van der Waals surface area contributed by atoms with Gasteiger partial charge in [0.25, 0.3) is 0 Å². The Kier molecular flexibility index (Phi) is 4.38. The van der Waals surface area contributed by atoms with Crippen LogP contribution in [0.1, 0.15) is 38.2 Å². The maximum Gasteiger partial charge on any atom is 0.00844 e. The second kappa shape index (κ2) is 5.80. The van der Waals surface area contributed by atoms with Gasteiger partial charge >= 0.3 is 0 Å². The summed E-state index contributed by atoms with van der Waals surface area (Å²) >= 11 is 1.78. The molecule has 0 amide bonds. The molecule has 1 fully saturated rings. The summed E-state index contributed by atoms with van der Waals surface area (Å²) in [5.41, 5.74) is 7.45. The van der Waals surface area contributed by atoms with Crippen molar-refractivity contribution in [3.8, 4) is 0 Å². The molecular formula is C13H22N2S. The molecule has 1 aromatic rings. The summed E-state index contributed by atoms with van der Waals surface area (Å²) in [7, 11) is 0. The van der Waals surface area contributed by atoms with Crippen molar-refractivity contribution in [2.45, 2.75) is 57.2 Å².